The van der Waals surface area contributed by atoms with Crippen molar-refractivity contribution in [1.29, 1.82) is 0 Å². The molecule has 1 saturated heterocycles. The Morgan fingerprint density at radius 3 is 2.63 bits per heavy atom. The van der Waals surface area contributed by atoms with Crippen molar-refractivity contribution in [2.45, 2.75) is 45.7 Å². The second kappa shape index (κ2) is 7.45. The van der Waals surface area contributed by atoms with Gasteiger partial charge in [0.25, 0.3) is 0 Å². The molecule has 0 aromatic heterocycles. The van der Waals surface area contributed by atoms with Crippen LogP contribution in [0.3, 0.4) is 0 Å². The first-order valence-electron chi connectivity index (χ1n) is 6.98. The highest BCUT2D eigenvalue weighted by Crippen LogP contribution is 2.18. The van der Waals surface area contributed by atoms with E-state index in [0.29, 0.717) is 12.0 Å². The van der Waals surface area contributed by atoms with E-state index in [1.54, 1.807) is 0 Å². The van der Waals surface area contributed by atoms with E-state index < -0.39 is 6.03 Å². The predicted molar refractivity (Wildman–Crippen MR) is 74.6 cm³/mol. The number of carbonyl (C=O) groups is 2. The zero-order chi connectivity index (χ0) is 14.4. The molecule has 6 nitrogen and oxygen atoms in total. The second-order valence-electron chi connectivity index (χ2n) is 5.60. The van der Waals surface area contributed by atoms with E-state index in [1.165, 1.54) is 6.42 Å². The van der Waals surface area contributed by atoms with Gasteiger partial charge in [0.1, 0.15) is 0 Å². The zero-order valence-electron chi connectivity index (χ0n) is 12.1. The molecule has 1 heterocycles. The number of carbonyl (C=O) groups excluding carboxylic acids is 2. The lowest BCUT2D eigenvalue weighted by Gasteiger charge is -2.36. The molecule has 0 bridgehead atoms. The summed E-state index contributed by atoms with van der Waals surface area (Å²) in [6.07, 6.45) is 2.26. The maximum atomic E-state index is 11.8. The van der Waals surface area contributed by atoms with Gasteiger partial charge < -0.3 is 11.1 Å². The van der Waals surface area contributed by atoms with Gasteiger partial charge in [0, 0.05) is 12.6 Å². The molecule has 110 valence electrons. The summed E-state index contributed by atoms with van der Waals surface area (Å²) in [6.45, 7) is 8.82. The fourth-order valence-corrected chi connectivity index (χ4v) is 2.41. The summed E-state index contributed by atoms with van der Waals surface area (Å²) >= 11 is 0. The van der Waals surface area contributed by atoms with Crippen LogP contribution >= 0.6 is 0 Å². The van der Waals surface area contributed by atoms with Crippen molar-refractivity contribution in [2.75, 3.05) is 19.6 Å². The van der Waals surface area contributed by atoms with E-state index in [0.717, 1.165) is 26.1 Å². The Bertz CT molecular complexity index is 320. The summed E-state index contributed by atoms with van der Waals surface area (Å²) in [6, 6.07) is -0.618. The summed E-state index contributed by atoms with van der Waals surface area (Å²) in [5.41, 5.74) is 4.97. The van der Waals surface area contributed by atoms with E-state index in [2.05, 4.69) is 29.4 Å². The van der Waals surface area contributed by atoms with Gasteiger partial charge in [0.15, 0.2) is 0 Å². The fraction of sp³-hybridized carbons (Fsp3) is 0.846. The molecule has 0 aliphatic carbocycles. The third kappa shape index (κ3) is 5.57. The molecule has 0 aromatic carbocycles. The van der Waals surface area contributed by atoms with Crippen LogP contribution in [0.4, 0.5) is 4.79 Å². The molecular formula is C13H26N4O2. The smallest absolute Gasteiger partial charge is 0.318 e. The topological polar surface area (TPSA) is 87.5 Å². The molecule has 0 spiro atoms. The number of urea groups is 1. The number of imide groups is 1. The van der Waals surface area contributed by atoms with E-state index in [9.17, 15) is 9.59 Å². The molecular weight excluding hydrogens is 244 g/mol. The molecule has 1 aliphatic rings. The first kappa shape index (κ1) is 15.9. The van der Waals surface area contributed by atoms with Gasteiger partial charge in [-0.1, -0.05) is 13.8 Å². The largest absolute Gasteiger partial charge is 0.351 e. The third-order valence-electron chi connectivity index (χ3n) is 3.54. The van der Waals surface area contributed by atoms with Crippen LogP contribution in [0.25, 0.3) is 0 Å². The highest BCUT2D eigenvalue weighted by molar-refractivity contribution is 5.96. The van der Waals surface area contributed by atoms with Crippen LogP contribution in [0.5, 0.6) is 0 Å². The van der Waals surface area contributed by atoms with Crippen LogP contribution in [0.1, 0.15) is 33.6 Å². The molecule has 19 heavy (non-hydrogen) atoms. The third-order valence-corrected chi connectivity index (χ3v) is 3.54. The van der Waals surface area contributed by atoms with Crippen molar-refractivity contribution >= 4 is 11.9 Å². The first-order chi connectivity index (χ1) is 8.90. The van der Waals surface area contributed by atoms with E-state index >= 15 is 0 Å². The number of hydrogen-bond donors (Lipinski definition) is 3. The predicted octanol–water partition coefficient (Wildman–Crippen LogP) is 0.280. The number of amides is 3. The van der Waals surface area contributed by atoms with Crippen LogP contribution in [0, 0.1) is 5.92 Å². The number of nitrogens with one attached hydrogen (secondary N) is 2. The molecule has 6 heteroatoms. The van der Waals surface area contributed by atoms with Gasteiger partial charge in [0.2, 0.25) is 5.91 Å². The van der Waals surface area contributed by atoms with Gasteiger partial charge in [-0.2, -0.15) is 0 Å². The van der Waals surface area contributed by atoms with Crippen LogP contribution in [0.2, 0.25) is 0 Å². The maximum Gasteiger partial charge on any atom is 0.318 e. The molecule has 2 unspecified atom stereocenters. The van der Waals surface area contributed by atoms with Crippen molar-refractivity contribution in [3.8, 4) is 0 Å². The molecule has 0 aromatic rings. The van der Waals surface area contributed by atoms with Crippen molar-refractivity contribution in [3.05, 3.63) is 0 Å². The lowest BCUT2D eigenvalue weighted by atomic mass is 9.96. The Hall–Kier alpha value is -1.14. The molecule has 2 atom stereocenters. The van der Waals surface area contributed by atoms with Gasteiger partial charge in [0.05, 0.1) is 6.04 Å². The summed E-state index contributed by atoms with van der Waals surface area (Å²) in [4.78, 5) is 24.6. The first-order valence-corrected chi connectivity index (χ1v) is 6.98. The lowest BCUT2D eigenvalue weighted by Crippen LogP contribution is -2.52. The van der Waals surface area contributed by atoms with Crippen molar-refractivity contribution in [3.63, 3.8) is 0 Å². The zero-order valence-corrected chi connectivity index (χ0v) is 12.1. The molecule has 0 radical (unpaired) electrons. The second-order valence-corrected chi connectivity index (χ2v) is 5.60. The molecule has 1 rings (SSSR count). The Kier molecular flexibility index (Phi) is 6.24. The standard InChI is InChI=1S/C13H26N4O2/c1-9(2)15-7-11-5-4-6-17(8-11)10(3)12(18)16-13(14)19/h9-11,15H,4-8H2,1-3H3,(H3,14,16,18,19). The maximum absolute atomic E-state index is 11.8. The number of likely N-dealkylation sites (tertiary alicyclic amines) is 1. The number of hydrogen-bond acceptors (Lipinski definition) is 4. The van der Waals surface area contributed by atoms with Gasteiger partial charge in [-0.15, -0.1) is 0 Å². The quantitative estimate of drug-likeness (QED) is 0.669. The monoisotopic (exact) mass is 270 g/mol. The van der Waals surface area contributed by atoms with E-state index in [4.69, 9.17) is 5.73 Å². The number of piperidine rings is 1. The van der Waals surface area contributed by atoms with E-state index in [1.807, 2.05) is 6.92 Å². The van der Waals surface area contributed by atoms with Crippen LogP contribution in [-0.4, -0.2) is 48.6 Å². The summed E-state index contributed by atoms with van der Waals surface area (Å²) in [5, 5.41) is 5.58. The average Bonchev–Trinajstić information content (AvgIpc) is 2.35. The highest BCUT2D eigenvalue weighted by atomic mass is 16.2. The van der Waals surface area contributed by atoms with Crippen molar-refractivity contribution in [2.24, 2.45) is 11.7 Å². The summed E-state index contributed by atoms with van der Waals surface area (Å²) in [5.74, 6) is 0.241. The minimum absolute atomic E-state index is 0.311. The van der Waals surface area contributed by atoms with Crippen molar-refractivity contribution < 1.29 is 9.59 Å². The van der Waals surface area contributed by atoms with Gasteiger partial charge in [-0.25, -0.2) is 4.79 Å². The number of nitrogens with two attached hydrogens (primary N) is 1. The Morgan fingerprint density at radius 2 is 2.05 bits per heavy atom. The minimum Gasteiger partial charge on any atom is -0.351 e. The highest BCUT2D eigenvalue weighted by Gasteiger charge is 2.27. The Balaban J connectivity index is 2.44. The SMILES string of the molecule is CC(C)NCC1CCCN(C(C)C(=O)NC(N)=O)C1. The Morgan fingerprint density at radius 1 is 1.37 bits per heavy atom. The van der Waals surface area contributed by atoms with E-state index in [-0.39, 0.29) is 11.9 Å². The summed E-state index contributed by atoms with van der Waals surface area (Å²) in [7, 11) is 0. The molecule has 1 fully saturated rings. The molecule has 0 saturated carbocycles. The minimum atomic E-state index is -0.785. The molecule has 4 N–H and O–H groups in total. The fourth-order valence-electron chi connectivity index (χ4n) is 2.41. The van der Waals surface area contributed by atoms with Gasteiger partial charge in [-0.3, -0.25) is 15.0 Å². The molecule has 1 aliphatic heterocycles. The number of primary amides is 1. The average molecular weight is 270 g/mol. The normalized spacial score (nSPS) is 22.2. The van der Waals surface area contributed by atoms with Gasteiger partial charge >= 0.3 is 6.03 Å². The van der Waals surface area contributed by atoms with Gasteiger partial charge in [-0.05, 0) is 38.8 Å². The van der Waals surface area contributed by atoms with Crippen LogP contribution < -0.4 is 16.4 Å². The molecule has 3 amide bonds. The number of rotatable bonds is 5. The van der Waals surface area contributed by atoms with Crippen LogP contribution in [-0.2, 0) is 4.79 Å². The lowest BCUT2D eigenvalue weighted by molar-refractivity contribution is -0.125. The van der Waals surface area contributed by atoms with Crippen LogP contribution in [0.15, 0.2) is 0 Å². The van der Waals surface area contributed by atoms with Crippen molar-refractivity contribution in [1.82, 2.24) is 15.5 Å². The Labute approximate surface area is 115 Å². The summed E-state index contributed by atoms with van der Waals surface area (Å²) < 4.78 is 0. The number of nitrogens with zero attached hydrogens (tertiary/aromatic N) is 1.